The van der Waals surface area contributed by atoms with Gasteiger partial charge in [0.15, 0.2) is 5.96 Å². The fraction of sp³-hybridized carbons (Fsp3) is 0.588. The van der Waals surface area contributed by atoms with Crippen molar-refractivity contribution in [3.05, 3.63) is 35.9 Å². The number of nitrogens with zero attached hydrogens (tertiary/aromatic N) is 2. The normalized spacial score (nSPS) is 18.5. The summed E-state index contributed by atoms with van der Waals surface area (Å²) in [4.78, 5) is 6.64. The number of halogens is 1. The van der Waals surface area contributed by atoms with E-state index in [9.17, 15) is 5.11 Å². The highest BCUT2D eigenvalue weighted by Gasteiger charge is 2.22. The van der Waals surface area contributed by atoms with Gasteiger partial charge >= 0.3 is 0 Å². The van der Waals surface area contributed by atoms with Gasteiger partial charge in [-0.15, -0.1) is 24.0 Å². The topological polar surface area (TPSA) is 83.1 Å². The van der Waals surface area contributed by atoms with Gasteiger partial charge in [-0.3, -0.25) is 9.89 Å². The lowest BCUT2D eigenvalue weighted by Gasteiger charge is -2.26. The molecule has 24 heavy (non-hydrogen) atoms. The van der Waals surface area contributed by atoms with Gasteiger partial charge in [0.25, 0.3) is 0 Å². The van der Waals surface area contributed by atoms with Crippen LogP contribution in [0.5, 0.6) is 0 Å². The van der Waals surface area contributed by atoms with Gasteiger partial charge in [-0.2, -0.15) is 0 Å². The smallest absolute Gasteiger partial charge is 0.188 e. The second-order valence-corrected chi connectivity index (χ2v) is 6.08. The Morgan fingerprint density at radius 1 is 1.33 bits per heavy atom. The molecular formula is C17H29IN4O2. The third kappa shape index (κ3) is 7.33. The standard InChI is InChI=1S/C17H28N4O2.HI/c1-17(22,15-6-3-2-4-7-15)14-20-16(18)19-8-5-9-21-10-12-23-13-11-21;/h2-4,6-7,22H,5,8-14H2,1H3,(H3,18,19,20);1H. The molecule has 1 fully saturated rings. The lowest BCUT2D eigenvalue weighted by molar-refractivity contribution is 0.0376. The fourth-order valence-electron chi connectivity index (χ4n) is 2.53. The van der Waals surface area contributed by atoms with Crippen molar-refractivity contribution < 1.29 is 9.84 Å². The van der Waals surface area contributed by atoms with E-state index in [2.05, 4.69) is 15.2 Å². The van der Waals surface area contributed by atoms with Crippen molar-refractivity contribution in [3.8, 4) is 0 Å². The van der Waals surface area contributed by atoms with Crippen molar-refractivity contribution in [1.82, 2.24) is 10.2 Å². The minimum absolute atomic E-state index is 0. The van der Waals surface area contributed by atoms with E-state index >= 15 is 0 Å². The van der Waals surface area contributed by atoms with Gasteiger partial charge in [0.05, 0.1) is 19.8 Å². The molecule has 1 aliphatic rings. The highest BCUT2D eigenvalue weighted by atomic mass is 127. The first-order chi connectivity index (χ1) is 11.1. The zero-order valence-electron chi connectivity index (χ0n) is 14.3. The summed E-state index contributed by atoms with van der Waals surface area (Å²) in [6.45, 7) is 7.45. The molecule has 0 spiro atoms. The predicted octanol–water partition coefficient (Wildman–Crippen LogP) is 1.14. The van der Waals surface area contributed by atoms with E-state index in [0.717, 1.165) is 51.4 Å². The second-order valence-electron chi connectivity index (χ2n) is 6.08. The Bertz CT molecular complexity index is 491. The van der Waals surface area contributed by atoms with Gasteiger partial charge in [0.2, 0.25) is 0 Å². The van der Waals surface area contributed by atoms with Crippen LogP contribution in [0.2, 0.25) is 0 Å². The maximum Gasteiger partial charge on any atom is 0.188 e. The molecule has 0 amide bonds. The summed E-state index contributed by atoms with van der Waals surface area (Å²) < 4.78 is 5.32. The molecule has 1 heterocycles. The van der Waals surface area contributed by atoms with Crippen LogP contribution in [0.4, 0.5) is 0 Å². The first-order valence-electron chi connectivity index (χ1n) is 8.20. The van der Waals surface area contributed by atoms with Gasteiger partial charge in [-0.1, -0.05) is 30.3 Å². The summed E-state index contributed by atoms with van der Waals surface area (Å²) in [5.74, 6) is 0.378. The highest BCUT2D eigenvalue weighted by Crippen LogP contribution is 2.20. The Balaban J connectivity index is 0.00000288. The van der Waals surface area contributed by atoms with E-state index in [-0.39, 0.29) is 30.5 Å². The number of aliphatic hydroxyl groups is 1. The number of hydrogen-bond acceptors (Lipinski definition) is 4. The van der Waals surface area contributed by atoms with E-state index in [4.69, 9.17) is 10.5 Å². The van der Waals surface area contributed by atoms with Crippen LogP contribution in [0.1, 0.15) is 18.9 Å². The van der Waals surface area contributed by atoms with E-state index in [1.165, 1.54) is 0 Å². The molecular weight excluding hydrogens is 419 g/mol. The molecule has 1 saturated heterocycles. The summed E-state index contributed by atoms with van der Waals surface area (Å²) in [7, 11) is 0. The Morgan fingerprint density at radius 3 is 2.67 bits per heavy atom. The van der Waals surface area contributed by atoms with Gasteiger partial charge in [0.1, 0.15) is 5.60 Å². The van der Waals surface area contributed by atoms with Crippen LogP contribution >= 0.6 is 24.0 Å². The molecule has 0 aliphatic carbocycles. The third-order valence-corrected chi connectivity index (χ3v) is 4.01. The minimum Gasteiger partial charge on any atom is -0.384 e. The number of guanidine groups is 1. The van der Waals surface area contributed by atoms with Crippen molar-refractivity contribution in [3.63, 3.8) is 0 Å². The van der Waals surface area contributed by atoms with Crippen LogP contribution in [-0.4, -0.2) is 61.9 Å². The Kier molecular flexibility index (Phi) is 9.57. The molecule has 1 unspecified atom stereocenters. The molecule has 1 aliphatic heterocycles. The molecule has 2 rings (SSSR count). The van der Waals surface area contributed by atoms with Crippen LogP contribution < -0.4 is 11.1 Å². The molecule has 0 bridgehead atoms. The van der Waals surface area contributed by atoms with E-state index in [1.807, 2.05) is 30.3 Å². The van der Waals surface area contributed by atoms with Crippen molar-refractivity contribution >= 4 is 29.9 Å². The van der Waals surface area contributed by atoms with Gasteiger partial charge in [0, 0.05) is 19.6 Å². The van der Waals surface area contributed by atoms with Crippen LogP contribution in [0.15, 0.2) is 35.3 Å². The number of rotatable bonds is 7. The summed E-state index contributed by atoms with van der Waals surface area (Å²) in [5.41, 5.74) is 5.70. The average molecular weight is 448 g/mol. The first-order valence-corrected chi connectivity index (χ1v) is 8.20. The fourth-order valence-corrected chi connectivity index (χ4v) is 2.53. The lowest BCUT2D eigenvalue weighted by Crippen LogP contribution is -2.39. The lowest BCUT2D eigenvalue weighted by atomic mass is 9.96. The molecule has 0 aromatic heterocycles. The van der Waals surface area contributed by atoms with E-state index in [1.54, 1.807) is 6.92 Å². The molecule has 4 N–H and O–H groups in total. The van der Waals surface area contributed by atoms with Crippen molar-refractivity contribution in [2.24, 2.45) is 10.7 Å². The van der Waals surface area contributed by atoms with Gasteiger partial charge in [-0.25, -0.2) is 0 Å². The summed E-state index contributed by atoms with van der Waals surface area (Å²) in [5, 5.41) is 13.6. The number of aliphatic imine (C=N–C) groups is 1. The zero-order valence-corrected chi connectivity index (χ0v) is 16.6. The maximum absolute atomic E-state index is 10.5. The number of hydrogen-bond donors (Lipinski definition) is 3. The quantitative estimate of drug-likeness (QED) is 0.252. The monoisotopic (exact) mass is 448 g/mol. The van der Waals surface area contributed by atoms with Crippen molar-refractivity contribution in [2.75, 3.05) is 45.9 Å². The number of ether oxygens (including phenoxy) is 1. The largest absolute Gasteiger partial charge is 0.384 e. The van der Waals surface area contributed by atoms with Crippen LogP contribution in [0.25, 0.3) is 0 Å². The molecule has 6 nitrogen and oxygen atoms in total. The minimum atomic E-state index is -1.01. The Labute approximate surface area is 161 Å². The van der Waals surface area contributed by atoms with E-state index in [0.29, 0.717) is 5.96 Å². The average Bonchev–Trinajstić information content (AvgIpc) is 2.59. The molecule has 0 radical (unpaired) electrons. The molecule has 7 heteroatoms. The Hall–Kier alpha value is -0.900. The SMILES string of the molecule is CC(O)(CN=C(N)NCCCN1CCOCC1)c1ccccc1.I. The summed E-state index contributed by atoms with van der Waals surface area (Å²) in [6.07, 6.45) is 1.01. The zero-order chi connectivity index (χ0) is 16.5. The van der Waals surface area contributed by atoms with Crippen molar-refractivity contribution in [2.45, 2.75) is 18.9 Å². The van der Waals surface area contributed by atoms with Crippen LogP contribution in [0, 0.1) is 0 Å². The number of benzene rings is 1. The van der Waals surface area contributed by atoms with Gasteiger partial charge < -0.3 is 20.9 Å². The molecule has 136 valence electrons. The number of nitrogens with one attached hydrogen (secondary N) is 1. The van der Waals surface area contributed by atoms with Crippen LogP contribution in [-0.2, 0) is 10.3 Å². The molecule has 1 aromatic rings. The maximum atomic E-state index is 10.5. The van der Waals surface area contributed by atoms with E-state index < -0.39 is 5.60 Å². The summed E-state index contributed by atoms with van der Waals surface area (Å²) >= 11 is 0. The van der Waals surface area contributed by atoms with Crippen LogP contribution in [0.3, 0.4) is 0 Å². The first kappa shape index (κ1) is 21.1. The summed E-state index contributed by atoms with van der Waals surface area (Å²) in [6, 6.07) is 9.51. The molecule has 0 saturated carbocycles. The molecule has 1 atom stereocenters. The number of morpholine rings is 1. The second kappa shape index (κ2) is 10.9. The Morgan fingerprint density at radius 2 is 2.00 bits per heavy atom. The predicted molar refractivity (Wildman–Crippen MR) is 108 cm³/mol. The van der Waals surface area contributed by atoms with Gasteiger partial charge in [-0.05, 0) is 25.5 Å². The molecule has 1 aromatic carbocycles. The van der Waals surface area contributed by atoms with Crippen molar-refractivity contribution in [1.29, 1.82) is 0 Å². The highest BCUT2D eigenvalue weighted by molar-refractivity contribution is 14.0. The third-order valence-electron chi connectivity index (χ3n) is 4.01. The number of nitrogens with two attached hydrogens (primary N) is 1.